The Balaban J connectivity index is 2.07. The Bertz CT molecular complexity index is 282. The maximum atomic E-state index is 11.9. The molecule has 0 aromatic rings. The predicted octanol–water partition coefficient (Wildman–Crippen LogP) is 2.12. The van der Waals surface area contributed by atoms with Gasteiger partial charge in [-0.1, -0.05) is 19.1 Å². The van der Waals surface area contributed by atoms with Crippen LogP contribution in [0.3, 0.4) is 0 Å². The average Bonchev–Trinajstić information content (AvgIpc) is 2.30. The summed E-state index contributed by atoms with van der Waals surface area (Å²) in [6.07, 6.45) is 1.11. The van der Waals surface area contributed by atoms with Crippen LogP contribution in [0.5, 0.6) is 0 Å². The quantitative estimate of drug-likeness (QED) is 0.702. The summed E-state index contributed by atoms with van der Waals surface area (Å²) in [6.45, 7) is 1.56. The monoisotopic (exact) mass is 281 g/mol. The lowest BCUT2D eigenvalue weighted by Gasteiger charge is -2.25. The van der Waals surface area contributed by atoms with Gasteiger partial charge in [-0.05, 0) is 24.7 Å². The highest BCUT2D eigenvalue weighted by molar-refractivity contribution is 4.93. The van der Waals surface area contributed by atoms with Crippen LogP contribution < -0.4 is 5.32 Å². The molecule has 0 bridgehead atoms. The fourth-order valence-electron chi connectivity index (χ4n) is 2.03. The molecule has 1 aliphatic carbocycles. The van der Waals surface area contributed by atoms with Crippen molar-refractivity contribution < 1.29 is 23.0 Å². The summed E-state index contributed by atoms with van der Waals surface area (Å²) in [6, 6.07) is 0. The molecule has 0 amide bonds. The minimum absolute atomic E-state index is 0.0673. The van der Waals surface area contributed by atoms with Gasteiger partial charge in [-0.15, -0.1) is 0 Å². The van der Waals surface area contributed by atoms with Gasteiger partial charge in [0.05, 0.1) is 25.9 Å². The number of rotatable bonds is 7. The number of ether oxygens (including phenoxy) is 1. The summed E-state index contributed by atoms with van der Waals surface area (Å²) in [5, 5.41) is 11.6. The first-order valence-corrected chi connectivity index (χ1v) is 6.56. The maximum Gasteiger partial charge on any atom is 0.401 e. The van der Waals surface area contributed by atoms with Crippen molar-refractivity contribution in [2.24, 2.45) is 11.8 Å². The van der Waals surface area contributed by atoms with E-state index in [9.17, 15) is 18.3 Å². The second-order valence-corrected chi connectivity index (χ2v) is 5.12. The highest BCUT2D eigenvalue weighted by atomic mass is 19.4. The summed E-state index contributed by atoms with van der Waals surface area (Å²) in [5.74, 6) is 0.978. The minimum Gasteiger partial charge on any atom is -0.389 e. The lowest BCUT2D eigenvalue weighted by atomic mass is 9.85. The van der Waals surface area contributed by atoms with Crippen LogP contribution in [0.2, 0.25) is 0 Å². The van der Waals surface area contributed by atoms with E-state index in [4.69, 9.17) is 4.74 Å². The molecule has 0 saturated carbocycles. The predicted molar refractivity (Wildman–Crippen MR) is 66.8 cm³/mol. The lowest BCUT2D eigenvalue weighted by Crippen LogP contribution is -2.36. The highest BCUT2D eigenvalue weighted by Gasteiger charge is 2.26. The van der Waals surface area contributed by atoms with E-state index in [0.717, 1.165) is 12.8 Å². The topological polar surface area (TPSA) is 41.5 Å². The molecule has 1 aliphatic rings. The Labute approximate surface area is 111 Å². The number of hydrogen-bond donors (Lipinski definition) is 2. The first kappa shape index (κ1) is 16.5. The molecule has 3 nitrogen and oxygen atoms in total. The van der Waals surface area contributed by atoms with Crippen LogP contribution in [0.1, 0.15) is 19.8 Å². The number of aliphatic hydroxyl groups is 1. The van der Waals surface area contributed by atoms with E-state index in [-0.39, 0.29) is 13.2 Å². The van der Waals surface area contributed by atoms with Gasteiger partial charge in [0.2, 0.25) is 0 Å². The van der Waals surface area contributed by atoms with E-state index in [1.807, 2.05) is 0 Å². The number of alkyl halides is 3. The van der Waals surface area contributed by atoms with Crippen LogP contribution >= 0.6 is 0 Å². The van der Waals surface area contributed by atoms with Gasteiger partial charge in [-0.2, -0.15) is 13.2 Å². The third kappa shape index (κ3) is 7.54. The van der Waals surface area contributed by atoms with E-state index in [1.54, 1.807) is 0 Å². The fraction of sp³-hybridized carbons (Fsp3) is 0.846. The van der Waals surface area contributed by atoms with Gasteiger partial charge in [0, 0.05) is 6.54 Å². The molecule has 3 unspecified atom stereocenters. The number of halogens is 3. The lowest BCUT2D eigenvalue weighted by molar-refractivity contribution is -0.126. The number of allylic oxidation sites excluding steroid dienone is 2. The van der Waals surface area contributed by atoms with Crippen molar-refractivity contribution in [3.8, 4) is 0 Å². The molecule has 6 heteroatoms. The third-order valence-corrected chi connectivity index (χ3v) is 3.27. The summed E-state index contributed by atoms with van der Waals surface area (Å²) in [4.78, 5) is 0. The molecule has 0 aliphatic heterocycles. The SMILES string of the molecule is CC1CC=CCC1COCC(O)CNCC(F)(F)F. The Morgan fingerprint density at radius 2 is 2.05 bits per heavy atom. The normalized spacial score (nSPS) is 25.5. The second kappa shape index (κ2) is 7.87. The van der Waals surface area contributed by atoms with Crippen LogP contribution in [-0.4, -0.2) is 43.7 Å². The molecular formula is C13H22F3NO2. The Morgan fingerprint density at radius 1 is 1.37 bits per heavy atom. The summed E-state index contributed by atoms with van der Waals surface area (Å²) >= 11 is 0. The average molecular weight is 281 g/mol. The Morgan fingerprint density at radius 3 is 2.68 bits per heavy atom. The van der Waals surface area contributed by atoms with Crippen molar-refractivity contribution in [2.75, 3.05) is 26.3 Å². The van der Waals surface area contributed by atoms with Gasteiger partial charge in [0.1, 0.15) is 0 Å². The van der Waals surface area contributed by atoms with E-state index >= 15 is 0 Å². The zero-order valence-corrected chi connectivity index (χ0v) is 11.1. The Hall–Kier alpha value is -0.590. The van der Waals surface area contributed by atoms with Crippen molar-refractivity contribution >= 4 is 0 Å². The van der Waals surface area contributed by atoms with Crippen LogP contribution in [0.4, 0.5) is 13.2 Å². The first-order valence-electron chi connectivity index (χ1n) is 6.56. The molecule has 1 rings (SSSR count). The molecule has 0 aromatic heterocycles. The van der Waals surface area contributed by atoms with Crippen molar-refractivity contribution in [2.45, 2.75) is 32.0 Å². The van der Waals surface area contributed by atoms with E-state index in [0.29, 0.717) is 18.4 Å². The molecule has 0 saturated heterocycles. The summed E-state index contributed by atoms with van der Waals surface area (Å²) in [5.41, 5.74) is 0. The molecule has 19 heavy (non-hydrogen) atoms. The largest absolute Gasteiger partial charge is 0.401 e. The molecule has 0 aromatic carbocycles. The van der Waals surface area contributed by atoms with Crippen LogP contribution in [-0.2, 0) is 4.74 Å². The standard InChI is InChI=1S/C13H22F3NO2/c1-10-4-2-3-5-11(10)7-19-8-12(18)6-17-9-13(14,15)16/h2-3,10-12,17-18H,4-9H2,1H3. The van der Waals surface area contributed by atoms with Crippen molar-refractivity contribution in [3.05, 3.63) is 12.2 Å². The Kier molecular flexibility index (Phi) is 6.82. The van der Waals surface area contributed by atoms with E-state index in [1.165, 1.54) is 0 Å². The van der Waals surface area contributed by atoms with Crippen LogP contribution in [0.25, 0.3) is 0 Å². The van der Waals surface area contributed by atoms with Crippen LogP contribution in [0.15, 0.2) is 12.2 Å². The fourth-order valence-corrected chi connectivity index (χ4v) is 2.03. The van der Waals surface area contributed by atoms with Crippen molar-refractivity contribution in [1.29, 1.82) is 0 Å². The number of hydrogen-bond acceptors (Lipinski definition) is 3. The zero-order chi connectivity index (χ0) is 14.3. The molecule has 0 spiro atoms. The smallest absolute Gasteiger partial charge is 0.389 e. The number of nitrogens with one attached hydrogen (secondary N) is 1. The zero-order valence-electron chi connectivity index (χ0n) is 11.1. The van der Waals surface area contributed by atoms with Gasteiger partial charge < -0.3 is 15.2 Å². The van der Waals surface area contributed by atoms with E-state index in [2.05, 4.69) is 24.4 Å². The molecule has 0 heterocycles. The van der Waals surface area contributed by atoms with Gasteiger partial charge in [0.25, 0.3) is 0 Å². The summed E-state index contributed by atoms with van der Waals surface area (Å²) < 4.78 is 41.0. The molecule has 0 fully saturated rings. The summed E-state index contributed by atoms with van der Waals surface area (Å²) in [7, 11) is 0. The number of aliphatic hydroxyl groups excluding tert-OH is 1. The third-order valence-electron chi connectivity index (χ3n) is 3.27. The van der Waals surface area contributed by atoms with Crippen LogP contribution in [0, 0.1) is 11.8 Å². The van der Waals surface area contributed by atoms with Gasteiger partial charge in [-0.3, -0.25) is 0 Å². The first-order chi connectivity index (χ1) is 8.88. The maximum absolute atomic E-state index is 11.9. The minimum atomic E-state index is -4.25. The molecule has 0 radical (unpaired) electrons. The van der Waals surface area contributed by atoms with Crippen molar-refractivity contribution in [1.82, 2.24) is 5.32 Å². The molecular weight excluding hydrogens is 259 g/mol. The molecule has 3 atom stereocenters. The van der Waals surface area contributed by atoms with E-state index < -0.39 is 18.8 Å². The highest BCUT2D eigenvalue weighted by Crippen LogP contribution is 2.24. The van der Waals surface area contributed by atoms with Gasteiger partial charge in [-0.25, -0.2) is 0 Å². The van der Waals surface area contributed by atoms with Gasteiger partial charge in [0.15, 0.2) is 0 Å². The van der Waals surface area contributed by atoms with Crippen molar-refractivity contribution in [3.63, 3.8) is 0 Å². The van der Waals surface area contributed by atoms with Gasteiger partial charge >= 0.3 is 6.18 Å². The second-order valence-electron chi connectivity index (χ2n) is 5.12. The molecule has 2 N–H and O–H groups in total. The molecule has 112 valence electrons.